The lowest BCUT2D eigenvalue weighted by Crippen LogP contribution is -2.01. The van der Waals surface area contributed by atoms with Gasteiger partial charge < -0.3 is 4.79 Å². The Morgan fingerprint density at radius 2 is 2.29 bits per heavy atom. The van der Waals surface area contributed by atoms with E-state index in [1.54, 1.807) is 0 Å². The van der Waals surface area contributed by atoms with Crippen LogP contribution in [0.5, 0.6) is 0 Å². The van der Waals surface area contributed by atoms with Gasteiger partial charge in [-0.05, 0) is 10.4 Å². The Hall–Kier alpha value is -2.18. The van der Waals surface area contributed by atoms with Crippen molar-refractivity contribution < 1.29 is 4.79 Å². The minimum atomic E-state index is 0.267. The van der Waals surface area contributed by atoms with Crippen LogP contribution in [0.15, 0.2) is 18.7 Å². The maximum Gasteiger partial charge on any atom is 0.175 e. The van der Waals surface area contributed by atoms with Crippen LogP contribution < -0.4 is 0 Å². The van der Waals surface area contributed by atoms with Gasteiger partial charge in [-0.3, -0.25) is 4.98 Å². The molecule has 0 unspecified atom stereocenters. The van der Waals surface area contributed by atoms with Gasteiger partial charge in [-0.1, -0.05) is 0 Å². The van der Waals surface area contributed by atoms with Crippen molar-refractivity contribution in [1.82, 2.24) is 30.2 Å². The third kappa shape index (κ3) is 1.60. The number of aldehydes is 1. The van der Waals surface area contributed by atoms with Crippen LogP contribution in [0.4, 0.5) is 0 Å². The van der Waals surface area contributed by atoms with Crippen LogP contribution in [0.1, 0.15) is 5.69 Å². The van der Waals surface area contributed by atoms with Gasteiger partial charge >= 0.3 is 0 Å². The summed E-state index contributed by atoms with van der Waals surface area (Å²) in [6, 6.07) is 0. The molecule has 0 aromatic carbocycles. The van der Waals surface area contributed by atoms with E-state index in [4.69, 9.17) is 0 Å². The molecule has 0 fully saturated rings. The number of carbonyl (C=O) groups is 1. The summed E-state index contributed by atoms with van der Waals surface area (Å²) in [5, 5.41) is 10.6. The quantitative estimate of drug-likeness (QED) is 0.588. The number of aromatic nitrogens is 6. The highest BCUT2D eigenvalue weighted by Gasteiger charge is 2.00. The third-order valence-corrected chi connectivity index (χ3v) is 1.57. The molecule has 70 valence electrons. The number of tetrazole rings is 1. The van der Waals surface area contributed by atoms with Crippen LogP contribution in [-0.2, 0) is 11.2 Å². The topological polar surface area (TPSA) is 86.5 Å². The normalized spacial score (nSPS) is 10.0. The molecular weight excluding hydrogens is 184 g/mol. The molecule has 0 amide bonds. The first-order valence-electron chi connectivity index (χ1n) is 3.88. The standard InChI is InChI=1S/C7H6N6O/c14-2-1-6-3-9-7(4-8-6)13-5-10-11-12-13/h2-5H,1H2. The fourth-order valence-electron chi connectivity index (χ4n) is 0.923. The summed E-state index contributed by atoms with van der Waals surface area (Å²) in [7, 11) is 0. The first kappa shape index (κ1) is 8.42. The Bertz CT molecular complexity index is 408. The largest absolute Gasteiger partial charge is 0.303 e. The fraction of sp³-hybridized carbons (Fsp3) is 0.143. The maximum absolute atomic E-state index is 10.2. The number of hydrogen-bond donors (Lipinski definition) is 0. The summed E-state index contributed by atoms with van der Waals surface area (Å²) >= 11 is 0. The minimum absolute atomic E-state index is 0.267. The van der Waals surface area contributed by atoms with Gasteiger partial charge in [0.15, 0.2) is 5.82 Å². The van der Waals surface area contributed by atoms with Crippen molar-refractivity contribution in [2.75, 3.05) is 0 Å². The van der Waals surface area contributed by atoms with E-state index in [0.717, 1.165) is 6.29 Å². The average molecular weight is 190 g/mol. The number of carbonyl (C=O) groups excluding carboxylic acids is 1. The molecule has 0 aliphatic carbocycles. The van der Waals surface area contributed by atoms with Gasteiger partial charge in [0.1, 0.15) is 12.6 Å². The number of rotatable bonds is 3. The summed E-state index contributed by atoms with van der Waals surface area (Å²) in [5.41, 5.74) is 0.622. The van der Waals surface area contributed by atoms with E-state index in [2.05, 4.69) is 25.5 Å². The van der Waals surface area contributed by atoms with Gasteiger partial charge in [-0.15, -0.1) is 5.10 Å². The molecule has 14 heavy (non-hydrogen) atoms. The van der Waals surface area contributed by atoms with E-state index in [0.29, 0.717) is 11.5 Å². The molecule has 0 saturated carbocycles. The fourth-order valence-corrected chi connectivity index (χ4v) is 0.923. The van der Waals surface area contributed by atoms with Crippen LogP contribution in [0, 0.1) is 0 Å². The zero-order valence-electron chi connectivity index (χ0n) is 7.11. The smallest absolute Gasteiger partial charge is 0.175 e. The summed E-state index contributed by atoms with van der Waals surface area (Å²) in [6.07, 6.45) is 5.49. The van der Waals surface area contributed by atoms with Gasteiger partial charge in [-0.2, -0.15) is 4.68 Å². The van der Waals surface area contributed by atoms with Crippen LogP contribution in [0.25, 0.3) is 5.82 Å². The number of hydrogen-bond acceptors (Lipinski definition) is 6. The summed E-state index contributed by atoms with van der Waals surface area (Å²) in [6.45, 7) is 0. The van der Waals surface area contributed by atoms with Gasteiger partial charge in [0.05, 0.1) is 18.1 Å². The third-order valence-electron chi connectivity index (χ3n) is 1.57. The molecule has 7 heteroatoms. The van der Waals surface area contributed by atoms with E-state index in [1.165, 1.54) is 23.4 Å². The van der Waals surface area contributed by atoms with Gasteiger partial charge in [0, 0.05) is 6.42 Å². The Morgan fingerprint density at radius 1 is 1.36 bits per heavy atom. The summed E-state index contributed by atoms with van der Waals surface area (Å²) in [5.74, 6) is 0.518. The minimum Gasteiger partial charge on any atom is -0.303 e. The van der Waals surface area contributed by atoms with Crippen LogP contribution >= 0.6 is 0 Å². The van der Waals surface area contributed by atoms with Crippen LogP contribution in [-0.4, -0.2) is 36.5 Å². The molecule has 0 bridgehead atoms. The highest BCUT2D eigenvalue weighted by Crippen LogP contribution is 1.98. The summed E-state index contributed by atoms with van der Waals surface area (Å²) < 4.78 is 1.39. The van der Waals surface area contributed by atoms with Crippen molar-refractivity contribution in [3.63, 3.8) is 0 Å². The van der Waals surface area contributed by atoms with Crippen molar-refractivity contribution >= 4 is 6.29 Å². The van der Waals surface area contributed by atoms with Crippen LogP contribution in [0.3, 0.4) is 0 Å². The van der Waals surface area contributed by atoms with E-state index < -0.39 is 0 Å². The molecule has 0 aliphatic heterocycles. The molecule has 0 N–H and O–H groups in total. The van der Waals surface area contributed by atoms with Crippen molar-refractivity contribution in [2.45, 2.75) is 6.42 Å². The zero-order valence-corrected chi connectivity index (χ0v) is 7.11. The highest BCUT2D eigenvalue weighted by atomic mass is 16.1. The molecule has 0 spiro atoms. The van der Waals surface area contributed by atoms with Gasteiger partial charge in [-0.25, -0.2) is 4.98 Å². The second kappa shape index (κ2) is 3.69. The molecule has 2 aromatic heterocycles. The Morgan fingerprint density at radius 3 is 2.86 bits per heavy atom. The lowest BCUT2D eigenvalue weighted by Gasteiger charge is -1.97. The maximum atomic E-state index is 10.2. The molecule has 0 saturated heterocycles. The second-order valence-electron chi connectivity index (χ2n) is 2.49. The van der Waals surface area contributed by atoms with Gasteiger partial charge in [0.2, 0.25) is 0 Å². The van der Waals surface area contributed by atoms with Crippen LogP contribution in [0.2, 0.25) is 0 Å². The van der Waals surface area contributed by atoms with Crippen molar-refractivity contribution in [1.29, 1.82) is 0 Å². The highest BCUT2D eigenvalue weighted by molar-refractivity contribution is 5.53. The first-order chi connectivity index (χ1) is 6.90. The molecule has 7 nitrogen and oxygen atoms in total. The Balaban J connectivity index is 2.26. The average Bonchev–Trinajstić information content (AvgIpc) is 2.72. The Labute approximate surface area is 78.8 Å². The molecule has 2 rings (SSSR count). The van der Waals surface area contributed by atoms with Crippen molar-refractivity contribution in [3.05, 3.63) is 24.4 Å². The second-order valence-corrected chi connectivity index (χ2v) is 2.49. The predicted molar refractivity (Wildman–Crippen MR) is 44.5 cm³/mol. The van der Waals surface area contributed by atoms with E-state index in [-0.39, 0.29) is 6.42 Å². The molecule has 2 heterocycles. The predicted octanol–water partition coefficient (Wildman–Crippen LogP) is -0.806. The van der Waals surface area contributed by atoms with E-state index in [1.807, 2.05) is 0 Å². The molecule has 0 radical (unpaired) electrons. The van der Waals surface area contributed by atoms with Crippen molar-refractivity contribution in [2.24, 2.45) is 0 Å². The Kier molecular flexibility index (Phi) is 2.22. The van der Waals surface area contributed by atoms with E-state index >= 15 is 0 Å². The molecule has 2 aromatic rings. The summed E-state index contributed by atoms with van der Waals surface area (Å²) in [4.78, 5) is 18.2. The first-order valence-corrected chi connectivity index (χ1v) is 3.88. The molecule has 0 aliphatic rings. The lowest BCUT2D eigenvalue weighted by molar-refractivity contribution is -0.107. The SMILES string of the molecule is O=CCc1cnc(-n2cnnn2)cn1. The van der Waals surface area contributed by atoms with E-state index in [9.17, 15) is 4.79 Å². The number of nitrogens with zero attached hydrogens (tertiary/aromatic N) is 6. The lowest BCUT2D eigenvalue weighted by atomic mass is 10.3. The molecule has 0 atom stereocenters. The monoisotopic (exact) mass is 190 g/mol. The van der Waals surface area contributed by atoms with Gasteiger partial charge in [0.25, 0.3) is 0 Å². The zero-order chi connectivity index (χ0) is 9.80. The molecular formula is C7H6N6O. The van der Waals surface area contributed by atoms with Crippen molar-refractivity contribution in [3.8, 4) is 5.82 Å².